The molecule has 0 spiro atoms. The molecule has 24 heavy (non-hydrogen) atoms. The molecular weight excluding hydrogens is 351 g/mol. The number of hydrogen-bond donors (Lipinski definition) is 2. The number of benzene rings is 1. The molecule has 0 bridgehead atoms. The van der Waals surface area contributed by atoms with Crippen molar-refractivity contribution in [2.24, 2.45) is 16.3 Å². The number of carbonyl (C=O) groups excluding carboxylic acids is 2. The molecule has 0 unspecified atom stereocenters. The number of halogens is 2. The number of nitrogens with zero attached hydrogens (tertiary/aromatic N) is 2. The molecule has 8 heteroatoms. The fourth-order valence-electron chi connectivity index (χ4n) is 1.39. The van der Waals surface area contributed by atoms with Crippen LogP contribution in [-0.2, 0) is 9.59 Å². The van der Waals surface area contributed by atoms with Crippen molar-refractivity contribution in [2.45, 2.75) is 20.8 Å². The number of nitrogens with one attached hydrogen (secondary N) is 1. The van der Waals surface area contributed by atoms with Gasteiger partial charge < -0.3 is 5.73 Å². The molecule has 0 aliphatic rings. The summed E-state index contributed by atoms with van der Waals surface area (Å²) in [6.07, 6.45) is 1.00. The second-order valence-electron chi connectivity index (χ2n) is 5.85. The molecule has 0 aromatic heterocycles. The first kappa shape index (κ1) is 19.7. The van der Waals surface area contributed by atoms with Crippen LogP contribution in [0.3, 0.4) is 0 Å². The first-order chi connectivity index (χ1) is 11.1. The Morgan fingerprint density at radius 3 is 2.50 bits per heavy atom. The van der Waals surface area contributed by atoms with E-state index in [2.05, 4.69) is 10.5 Å². The molecule has 1 aromatic rings. The molecule has 1 rings (SSSR count). The number of nitrogens with two attached hydrogens (primary N) is 1. The molecule has 0 amide bonds. The molecule has 0 atom stereocenters. The highest BCUT2D eigenvalue weighted by Gasteiger charge is 2.22. The Balaban J connectivity index is 3.02. The Kier molecular flexibility index (Phi) is 6.52. The van der Waals surface area contributed by atoms with Crippen LogP contribution in [0.15, 0.2) is 35.1 Å². The highest BCUT2D eigenvalue weighted by molar-refractivity contribution is 6.51. The summed E-state index contributed by atoms with van der Waals surface area (Å²) < 4.78 is 0. The lowest BCUT2D eigenvalue weighted by molar-refractivity contribution is -0.121. The van der Waals surface area contributed by atoms with E-state index in [1.165, 1.54) is 12.1 Å². The Morgan fingerprint density at radius 2 is 1.96 bits per heavy atom. The summed E-state index contributed by atoms with van der Waals surface area (Å²) >= 11 is 11.8. The summed E-state index contributed by atoms with van der Waals surface area (Å²) in [4.78, 5) is 24.0. The smallest absolute Gasteiger partial charge is 0.239 e. The maximum atomic E-state index is 12.1. The molecular formula is C16H16Cl2N4O2. The normalized spacial score (nSPS) is 12.5. The molecule has 0 heterocycles. The average molecular weight is 367 g/mol. The summed E-state index contributed by atoms with van der Waals surface area (Å²) in [7, 11) is 0. The molecule has 3 N–H and O–H groups in total. The monoisotopic (exact) mass is 366 g/mol. The number of ketones is 2. The number of hydrogen-bond acceptors (Lipinski definition) is 6. The predicted molar refractivity (Wildman–Crippen MR) is 94.9 cm³/mol. The Bertz CT molecular complexity index is 771. The van der Waals surface area contributed by atoms with Gasteiger partial charge in [0, 0.05) is 16.5 Å². The summed E-state index contributed by atoms with van der Waals surface area (Å²) in [6, 6.07) is 6.22. The van der Waals surface area contributed by atoms with Crippen LogP contribution in [0, 0.1) is 16.7 Å². The molecule has 6 nitrogen and oxygen atoms in total. The van der Waals surface area contributed by atoms with Crippen LogP contribution < -0.4 is 11.2 Å². The second kappa shape index (κ2) is 7.95. The van der Waals surface area contributed by atoms with Gasteiger partial charge in [0.1, 0.15) is 6.07 Å². The standard InChI is InChI=1S/C16H16Cl2N4O2/c1-16(2,3)14(23)7-11(20)15(24)13(8-19)22-21-12-6-9(17)4-5-10(12)18/h4-7,21H,20H2,1-3H3/b11-7?,22-13+. The van der Waals surface area contributed by atoms with Crippen molar-refractivity contribution in [3.63, 3.8) is 0 Å². The van der Waals surface area contributed by atoms with Crippen molar-refractivity contribution in [1.29, 1.82) is 5.26 Å². The van der Waals surface area contributed by atoms with E-state index in [1.54, 1.807) is 32.9 Å². The van der Waals surface area contributed by atoms with Crippen LogP contribution in [0.4, 0.5) is 5.69 Å². The number of rotatable bonds is 5. The molecule has 0 fully saturated rings. The number of carbonyl (C=O) groups is 2. The van der Waals surface area contributed by atoms with E-state index in [4.69, 9.17) is 34.2 Å². The highest BCUT2D eigenvalue weighted by Crippen LogP contribution is 2.25. The molecule has 0 saturated heterocycles. The summed E-state index contributed by atoms with van der Waals surface area (Å²) in [5.41, 5.74) is 6.83. The second-order valence-corrected chi connectivity index (χ2v) is 6.69. The zero-order valence-electron chi connectivity index (χ0n) is 13.4. The summed E-state index contributed by atoms with van der Waals surface area (Å²) in [5, 5.41) is 13.5. The molecule has 0 saturated carbocycles. The van der Waals surface area contributed by atoms with Crippen LogP contribution in [0.25, 0.3) is 0 Å². The number of hydrazone groups is 1. The zero-order valence-corrected chi connectivity index (χ0v) is 14.9. The molecule has 0 aliphatic carbocycles. The quantitative estimate of drug-likeness (QED) is 0.472. The van der Waals surface area contributed by atoms with Gasteiger partial charge >= 0.3 is 0 Å². The molecule has 0 radical (unpaired) electrons. The number of allylic oxidation sites excluding steroid dienone is 2. The van der Waals surface area contributed by atoms with E-state index in [9.17, 15) is 9.59 Å². The van der Waals surface area contributed by atoms with Crippen LogP contribution in [-0.4, -0.2) is 17.3 Å². The van der Waals surface area contributed by atoms with Crippen LogP contribution in [0.1, 0.15) is 20.8 Å². The van der Waals surface area contributed by atoms with Gasteiger partial charge in [0.05, 0.1) is 16.4 Å². The van der Waals surface area contributed by atoms with Crippen molar-refractivity contribution < 1.29 is 9.59 Å². The first-order valence-electron chi connectivity index (χ1n) is 6.81. The Morgan fingerprint density at radius 1 is 1.33 bits per heavy atom. The van der Waals surface area contributed by atoms with Gasteiger partial charge in [-0.3, -0.25) is 15.0 Å². The summed E-state index contributed by atoms with van der Waals surface area (Å²) in [5.74, 6) is -1.20. The first-order valence-corrected chi connectivity index (χ1v) is 7.57. The lowest BCUT2D eigenvalue weighted by Gasteiger charge is -2.13. The van der Waals surface area contributed by atoms with Gasteiger partial charge in [-0.1, -0.05) is 44.0 Å². The van der Waals surface area contributed by atoms with Gasteiger partial charge in [-0.2, -0.15) is 10.4 Å². The SMILES string of the molecule is CC(C)(C)C(=O)C=C(N)C(=O)/C(C#N)=N/Nc1cc(Cl)ccc1Cl. The van der Waals surface area contributed by atoms with E-state index >= 15 is 0 Å². The van der Waals surface area contributed by atoms with E-state index in [0.717, 1.165) is 6.08 Å². The maximum absolute atomic E-state index is 12.1. The van der Waals surface area contributed by atoms with Crippen molar-refractivity contribution in [3.05, 3.63) is 40.0 Å². The number of nitriles is 1. The van der Waals surface area contributed by atoms with E-state index < -0.39 is 16.9 Å². The molecule has 126 valence electrons. The third kappa shape index (κ3) is 5.37. The topological polar surface area (TPSA) is 108 Å². The van der Waals surface area contributed by atoms with Gasteiger partial charge in [0.25, 0.3) is 0 Å². The van der Waals surface area contributed by atoms with Crippen LogP contribution in [0.2, 0.25) is 10.0 Å². The van der Waals surface area contributed by atoms with Crippen molar-refractivity contribution in [3.8, 4) is 6.07 Å². The van der Waals surface area contributed by atoms with Crippen LogP contribution in [0.5, 0.6) is 0 Å². The van der Waals surface area contributed by atoms with Crippen molar-refractivity contribution in [1.82, 2.24) is 0 Å². The number of Topliss-reactive ketones (excluding diaryl/α,β-unsaturated/α-hetero) is 1. The molecule has 1 aromatic carbocycles. The third-order valence-electron chi connectivity index (χ3n) is 2.83. The largest absolute Gasteiger partial charge is 0.395 e. The van der Waals surface area contributed by atoms with Crippen molar-refractivity contribution in [2.75, 3.05) is 5.43 Å². The average Bonchev–Trinajstić information content (AvgIpc) is 2.49. The van der Waals surface area contributed by atoms with E-state index in [1.807, 2.05) is 0 Å². The minimum absolute atomic E-state index is 0.305. The summed E-state index contributed by atoms with van der Waals surface area (Å²) in [6.45, 7) is 5.06. The van der Waals surface area contributed by atoms with E-state index in [0.29, 0.717) is 15.7 Å². The third-order valence-corrected chi connectivity index (χ3v) is 3.39. The van der Waals surface area contributed by atoms with Gasteiger partial charge in [-0.05, 0) is 18.2 Å². The maximum Gasteiger partial charge on any atom is 0.239 e. The fraction of sp³-hybridized carbons (Fsp3) is 0.250. The van der Waals surface area contributed by atoms with Gasteiger partial charge in [0.15, 0.2) is 5.78 Å². The minimum Gasteiger partial charge on any atom is -0.395 e. The van der Waals surface area contributed by atoms with Gasteiger partial charge in [-0.15, -0.1) is 0 Å². The van der Waals surface area contributed by atoms with E-state index in [-0.39, 0.29) is 11.5 Å². The lowest BCUT2D eigenvalue weighted by Crippen LogP contribution is -2.25. The predicted octanol–water partition coefficient (Wildman–Crippen LogP) is 3.31. The van der Waals surface area contributed by atoms with Crippen LogP contribution >= 0.6 is 23.2 Å². The minimum atomic E-state index is -0.860. The fourth-order valence-corrected chi connectivity index (χ4v) is 1.72. The zero-order chi connectivity index (χ0) is 18.5. The highest BCUT2D eigenvalue weighted by atomic mass is 35.5. The Labute approximate surface area is 149 Å². The number of anilines is 1. The molecule has 0 aliphatic heterocycles. The lowest BCUT2D eigenvalue weighted by atomic mass is 9.90. The van der Waals surface area contributed by atoms with Crippen molar-refractivity contribution >= 4 is 46.2 Å². The Hall–Kier alpha value is -2.36. The van der Waals surface area contributed by atoms with Gasteiger partial charge in [-0.25, -0.2) is 0 Å². The van der Waals surface area contributed by atoms with Gasteiger partial charge in [0.2, 0.25) is 11.5 Å².